The molecule has 0 radical (unpaired) electrons. The lowest BCUT2D eigenvalue weighted by atomic mass is 10.2. The van der Waals surface area contributed by atoms with Crippen molar-refractivity contribution in [3.63, 3.8) is 0 Å². The van der Waals surface area contributed by atoms with Gasteiger partial charge >= 0.3 is 0 Å². The van der Waals surface area contributed by atoms with E-state index in [1.165, 1.54) is 36.0 Å². The summed E-state index contributed by atoms with van der Waals surface area (Å²) in [5.41, 5.74) is 0.546. The molecule has 1 fully saturated rings. The number of nitrogens with one attached hydrogen (secondary N) is 2. The van der Waals surface area contributed by atoms with Crippen LogP contribution in [-0.2, 0) is 9.59 Å². The zero-order chi connectivity index (χ0) is 16.8. The van der Waals surface area contributed by atoms with Crippen LogP contribution in [0.1, 0.15) is 13.3 Å². The van der Waals surface area contributed by atoms with E-state index < -0.39 is 0 Å². The number of amides is 2. The van der Waals surface area contributed by atoms with Crippen molar-refractivity contribution >= 4 is 41.7 Å². The zero-order valence-electron chi connectivity index (χ0n) is 13.8. The molecule has 2 rings (SSSR count). The van der Waals surface area contributed by atoms with E-state index in [4.69, 9.17) is 0 Å². The molecule has 1 aromatic rings. The standard InChI is InChI=1S/C16H22FN3O2S.ClH/c1-11(16(22)20(2)14-7-8-18-9-14)23-10-15(21)19-13-5-3-12(17)4-6-13;/h3-6,11,14,18H,7-10H2,1-2H3,(H,19,21);1H. The Balaban J connectivity index is 0.00000288. The van der Waals surface area contributed by atoms with E-state index in [9.17, 15) is 14.0 Å². The number of carbonyl (C=O) groups excluding carboxylic acids is 2. The fraction of sp³-hybridized carbons (Fsp3) is 0.500. The smallest absolute Gasteiger partial charge is 0.235 e. The molecule has 1 heterocycles. The summed E-state index contributed by atoms with van der Waals surface area (Å²) in [4.78, 5) is 26.0. The summed E-state index contributed by atoms with van der Waals surface area (Å²) in [6.07, 6.45) is 0.963. The number of thioether (sulfide) groups is 1. The SMILES string of the molecule is CC(SCC(=O)Nc1ccc(F)cc1)C(=O)N(C)C1CCNC1.Cl. The first kappa shape index (κ1) is 20.7. The Bertz CT molecular complexity index is 553. The molecule has 0 aliphatic carbocycles. The number of nitrogens with zero attached hydrogens (tertiary/aromatic N) is 1. The lowest BCUT2D eigenvalue weighted by molar-refractivity contribution is -0.130. The van der Waals surface area contributed by atoms with E-state index in [2.05, 4.69) is 10.6 Å². The number of benzene rings is 1. The number of hydrogen-bond donors (Lipinski definition) is 2. The van der Waals surface area contributed by atoms with E-state index in [0.29, 0.717) is 5.69 Å². The van der Waals surface area contributed by atoms with E-state index >= 15 is 0 Å². The highest BCUT2D eigenvalue weighted by atomic mass is 35.5. The predicted octanol–water partition coefficient (Wildman–Crippen LogP) is 2.13. The third kappa shape index (κ3) is 5.96. The molecule has 134 valence electrons. The first-order valence-electron chi connectivity index (χ1n) is 7.62. The van der Waals surface area contributed by atoms with Gasteiger partial charge in [-0.15, -0.1) is 24.2 Å². The van der Waals surface area contributed by atoms with Crippen LogP contribution < -0.4 is 10.6 Å². The topological polar surface area (TPSA) is 61.4 Å². The molecule has 1 aliphatic heterocycles. The second-order valence-corrected chi connectivity index (χ2v) is 6.93. The van der Waals surface area contributed by atoms with Crippen LogP contribution in [0.3, 0.4) is 0 Å². The molecule has 0 aromatic heterocycles. The second kappa shape index (κ2) is 9.86. The molecule has 2 amide bonds. The van der Waals surface area contributed by atoms with Crippen molar-refractivity contribution in [1.82, 2.24) is 10.2 Å². The Morgan fingerprint density at radius 1 is 1.42 bits per heavy atom. The molecule has 2 unspecified atom stereocenters. The number of likely N-dealkylation sites (N-methyl/N-ethyl adjacent to an activating group) is 1. The molecular formula is C16H23ClFN3O2S. The lowest BCUT2D eigenvalue weighted by Crippen LogP contribution is -2.42. The average Bonchev–Trinajstić information content (AvgIpc) is 3.08. The molecule has 1 saturated heterocycles. The molecule has 24 heavy (non-hydrogen) atoms. The van der Waals surface area contributed by atoms with Crippen molar-refractivity contribution in [2.75, 3.05) is 31.2 Å². The van der Waals surface area contributed by atoms with Crippen LogP contribution >= 0.6 is 24.2 Å². The van der Waals surface area contributed by atoms with Gasteiger partial charge in [0.1, 0.15) is 5.82 Å². The number of carbonyl (C=O) groups is 2. The summed E-state index contributed by atoms with van der Waals surface area (Å²) >= 11 is 1.30. The van der Waals surface area contributed by atoms with Crippen LogP contribution in [0, 0.1) is 5.82 Å². The van der Waals surface area contributed by atoms with Crippen molar-refractivity contribution in [2.24, 2.45) is 0 Å². The van der Waals surface area contributed by atoms with Gasteiger partial charge in [-0.3, -0.25) is 9.59 Å². The monoisotopic (exact) mass is 375 g/mol. The molecule has 0 bridgehead atoms. The fourth-order valence-corrected chi connectivity index (χ4v) is 3.22. The van der Waals surface area contributed by atoms with Gasteiger partial charge in [0, 0.05) is 25.3 Å². The van der Waals surface area contributed by atoms with Crippen LogP contribution in [0.15, 0.2) is 24.3 Å². The Morgan fingerprint density at radius 2 is 2.08 bits per heavy atom. The third-order valence-electron chi connectivity index (χ3n) is 3.87. The molecule has 0 saturated carbocycles. The molecule has 2 atom stereocenters. The lowest BCUT2D eigenvalue weighted by Gasteiger charge is -2.26. The maximum absolute atomic E-state index is 12.8. The second-order valence-electron chi connectivity index (χ2n) is 5.60. The largest absolute Gasteiger partial charge is 0.340 e. The molecule has 5 nitrogen and oxygen atoms in total. The van der Waals surface area contributed by atoms with Crippen molar-refractivity contribution in [2.45, 2.75) is 24.6 Å². The average molecular weight is 376 g/mol. The van der Waals surface area contributed by atoms with Gasteiger partial charge < -0.3 is 15.5 Å². The van der Waals surface area contributed by atoms with Crippen LogP contribution in [-0.4, -0.2) is 53.9 Å². The summed E-state index contributed by atoms with van der Waals surface area (Å²) in [7, 11) is 1.82. The normalized spacial score (nSPS) is 17.7. The number of rotatable bonds is 6. The number of halogens is 2. The summed E-state index contributed by atoms with van der Waals surface area (Å²) in [6, 6.07) is 5.83. The number of anilines is 1. The van der Waals surface area contributed by atoms with E-state index in [-0.39, 0.29) is 47.1 Å². The van der Waals surface area contributed by atoms with Gasteiger partial charge in [-0.25, -0.2) is 4.39 Å². The summed E-state index contributed by atoms with van der Waals surface area (Å²) < 4.78 is 12.8. The van der Waals surface area contributed by atoms with Crippen LogP contribution in [0.4, 0.5) is 10.1 Å². The first-order valence-corrected chi connectivity index (χ1v) is 8.66. The summed E-state index contributed by atoms with van der Waals surface area (Å²) in [5.74, 6) is -0.327. The van der Waals surface area contributed by atoms with Gasteiger partial charge in [-0.2, -0.15) is 0 Å². The highest BCUT2D eigenvalue weighted by Gasteiger charge is 2.26. The Hall–Kier alpha value is -1.31. The van der Waals surface area contributed by atoms with E-state index in [1.54, 1.807) is 4.90 Å². The van der Waals surface area contributed by atoms with Crippen molar-refractivity contribution < 1.29 is 14.0 Å². The van der Waals surface area contributed by atoms with Crippen LogP contribution in [0.2, 0.25) is 0 Å². The highest BCUT2D eigenvalue weighted by Crippen LogP contribution is 2.17. The highest BCUT2D eigenvalue weighted by molar-refractivity contribution is 8.01. The Labute approximate surface area is 152 Å². The first-order chi connectivity index (χ1) is 11.0. The van der Waals surface area contributed by atoms with Gasteiger partial charge in [-0.05, 0) is 44.2 Å². The zero-order valence-corrected chi connectivity index (χ0v) is 15.4. The molecule has 8 heteroatoms. The molecule has 2 N–H and O–H groups in total. The number of hydrogen-bond acceptors (Lipinski definition) is 4. The van der Waals surface area contributed by atoms with Gasteiger partial charge in [-0.1, -0.05) is 0 Å². The molecule has 0 spiro atoms. The quantitative estimate of drug-likeness (QED) is 0.799. The van der Waals surface area contributed by atoms with E-state index in [0.717, 1.165) is 19.5 Å². The van der Waals surface area contributed by atoms with Crippen LogP contribution in [0.25, 0.3) is 0 Å². The Kier molecular flexibility index (Phi) is 8.52. The van der Waals surface area contributed by atoms with Gasteiger partial charge in [0.25, 0.3) is 0 Å². The minimum absolute atomic E-state index is 0. The van der Waals surface area contributed by atoms with Crippen LogP contribution in [0.5, 0.6) is 0 Å². The summed E-state index contributed by atoms with van der Waals surface area (Å²) in [5, 5.41) is 5.65. The Morgan fingerprint density at radius 3 is 2.67 bits per heavy atom. The predicted molar refractivity (Wildman–Crippen MR) is 98.2 cm³/mol. The molecule has 1 aliphatic rings. The molecule has 1 aromatic carbocycles. The third-order valence-corrected chi connectivity index (χ3v) is 5.00. The molecular weight excluding hydrogens is 353 g/mol. The minimum Gasteiger partial charge on any atom is -0.340 e. The maximum Gasteiger partial charge on any atom is 0.235 e. The van der Waals surface area contributed by atoms with Crippen molar-refractivity contribution in [3.8, 4) is 0 Å². The van der Waals surface area contributed by atoms with Gasteiger partial charge in [0.15, 0.2) is 0 Å². The van der Waals surface area contributed by atoms with Gasteiger partial charge in [0.05, 0.1) is 11.0 Å². The van der Waals surface area contributed by atoms with E-state index in [1.807, 2.05) is 14.0 Å². The fourth-order valence-electron chi connectivity index (χ4n) is 2.44. The minimum atomic E-state index is -0.346. The van der Waals surface area contributed by atoms with Crippen molar-refractivity contribution in [3.05, 3.63) is 30.1 Å². The summed E-state index contributed by atoms with van der Waals surface area (Å²) in [6.45, 7) is 3.58. The maximum atomic E-state index is 12.8. The van der Waals surface area contributed by atoms with Crippen molar-refractivity contribution in [1.29, 1.82) is 0 Å². The van der Waals surface area contributed by atoms with Gasteiger partial charge in [0.2, 0.25) is 11.8 Å².